The second kappa shape index (κ2) is 7.83. The number of ketones is 2. The van der Waals surface area contributed by atoms with E-state index in [9.17, 15) is 24.3 Å². The molecule has 0 fully saturated rings. The first-order chi connectivity index (χ1) is 16.0. The van der Waals surface area contributed by atoms with Gasteiger partial charge < -0.3 is 5.11 Å². The summed E-state index contributed by atoms with van der Waals surface area (Å²) in [6.45, 7) is 0. The molecule has 162 valence electrons. The van der Waals surface area contributed by atoms with Gasteiger partial charge in [0, 0.05) is 11.8 Å². The number of rotatable bonds is 3. The number of Topliss-reactive ketones (excluding diaryl/α,β-unsaturated/α-hetero) is 2. The first kappa shape index (κ1) is 20.3. The molecule has 2 atom stereocenters. The van der Waals surface area contributed by atoms with Gasteiger partial charge >= 0.3 is 5.69 Å². The van der Waals surface area contributed by atoms with Gasteiger partial charge in [-0.2, -0.15) is 0 Å². The predicted octanol–water partition coefficient (Wildman–Crippen LogP) is 2.72. The Kier molecular flexibility index (Phi) is 4.82. The molecule has 0 unspecified atom stereocenters. The average molecular weight is 439 g/mol. The Morgan fingerprint density at radius 1 is 0.879 bits per heavy atom. The van der Waals surface area contributed by atoms with Crippen LogP contribution in [-0.4, -0.2) is 32.4 Å². The molecule has 0 saturated carbocycles. The molecule has 0 bridgehead atoms. The summed E-state index contributed by atoms with van der Waals surface area (Å²) in [6.07, 6.45) is 7.97. The molecule has 2 aliphatic rings. The zero-order chi connectivity index (χ0) is 23.1. The number of para-hydroxylation sites is 1. The minimum atomic E-state index is -0.832. The number of hydrogen-bond donors (Lipinski definition) is 2. The first-order valence-electron chi connectivity index (χ1n) is 10.2. The quantitative estimate of drug-likeness (QED) is 0.608. The van der Waals surface area contributed by atoms with Crippen LogP contribution >= 0.6 is 0 Å². The summed E-state index contributed by atoms with van der Waals surface area (Å²) in [7, 11) is 0. The lowest BCUT2D eigenvalue weighted by atomic mass is 9.72. The van der Waals surface area contributed by atoms with Crippen LogP contribution in [0.1, 0.15) is 26.3 Å². The van der Waals surface area contributed by atoms with Gasteiger partial charge in [0.2, 0.25) is 5.88 Å². The highest BCUT2D eigenvalue weighted by Crippen LogP contribution is 2.38. The van der Waals surface area contributed by atoms with E-state index in [0.29, 0.717) is 5.69 Å². The van der Waals surface area contributed by atoms with Gasteiger partial charge in [0.15, 0.2) is 11.6 Å². The molecule has 0 aliphatic heterocycles. The number of hydrogen-bond acceptors (Lipinski definition) is 6. The smallest absolute Gasteiger partial charge is 0.335 e. The van der Waals surface area contributed by atoms with E-state index in [1.165, 1.54) is 0 Å². The monoisotopic (exact) mass is 439 g/mol. The highest BCUT2D eigenvalue weighted by molar-refractivity contribution is 6.19. The van der Waals surface area contributed by atoms with Crippen molar-refractivity contribution in [1.29, 1.82) is 0 Å². The fraction of sp³-hybridized carbons (Fsp3) is 0.0800. The number of carbonyl (C=O) groups is 2. The highest BCUT2D eigenvalue weighted by Gasteiger charge is 2.40. The van der Waals surface area contributed by atoms with E-state index in [-0.39, 0.29) is 33.9 Å². The number of carbonyl (C=O) groups excluding carboxylic acids is 2. The maximum absolute atomic E-state index is 13.2. The fourth-order valence-electron chi connectivity index (χ4n) is 4.17. The summed E-state index contributed by atoms with van der Waals surface area (Å²) in [5.41, 5.74) is -0.905. The molecular weight excluding hydrogens is 422 g/mol. The lowest BCUT2D eigenvalue weighted by Crippen LogP contribution is -2.35. The van der Waals surface area contributed by atoms with E-state index in [4.69, 9.17) is 0 Å². The van der Waals surface area contributed by atoms with Crippen LogP contribution in [0.3, 0.4) is 0 Å². The Morgan fingerprint density at radius 3 is 2.30 bits per heavy atom. The summed E-state index contributed by atoms with van der Waals surface area (Å²) in [6, 6.07) is 13.1. The summed E-state index contributed by atoms with van der Waals surface area (Å²) in [5, 5.41) is 10.7. The van der Waals surface area contributed by atoms with Crippen LogP contribution in [0, 0.1) is 11.8 Å². The topological polar surface area (TPSA) is 122 Å². The molecule has 0 spiro atoms. The van der Waals surface area contributed by atoms with Crippen LogP contribution in [0.5, 0.6) is 5.88 Å². The van der Waals surface area contributed by atoms with E-state index < -0.39 is 29.0 Å². The van der Waals surface area contributed by atoms with Crippen LogP contribution in [0.25, 0.3) is 5.69 Å². The van der Waals surface area contributed by atoms with Crippen LogP contribution in [0.4, 0.5) is 5.69 Å². The fourth-order valence-corrected chi connectivity index (χ4v) is 4.17. The zero-order valence-corrected chi connectivity index (χ0v) is 17.1. The van der Waals surface area contributed by atoms with Crippen molar-refractivity contribution >= 4 is 23.5 Å². The van der Waals surface area contributed by atoms with E-state index in [2.05, 4.69) is 9.98 Å². The molecule has 5 rings (SSSR count). The minimum absolute atomic E-state index is 0.173. The molecule has 2 N–H and O–H groups in total. The van der Waals surface area contributed by atoms with Crippen molar-refractivity contribution < 1.29 is 14.7 Å². The zero-order valence-electron chi connectivity index (χ0n) is 17.1. The number of fused-ring (bicyclic) bond motifs is 2. The number of benzene rings is 2. The Labute approximate surface area is 186 Å². The number of nitrogens with one attached hydrogen (secondary N) is 1. The molecule has 33 heavy (non-hydrogen) atoms. The predicted molar refractivity (Wildman–Crippen MR) is 122 cm³/mol. The summed E-state index contributed by atoms with van der Waals surface area (Å²) >= 11 is 0. The molecule has 1 aromatic heterocycles. The Morgan fingerprint density at radius 2 is 1.58 bits per heavy atom. The van der Waals surface area contributed by atoms with Gasteiger partial charge in [-0.3, -0.25) is 24.4 Å². The lowest BCUT2D eigenvalue weighted by molar-refractivity contribution is 0.0802. The Hall–Kier alpha value is -4.59. The van der Waals surface area contributed by atoms with Crippen LogP contribution < -0.4 is 11.2 Å². The van der Waals surface area contributed by atoms with E-state index >= 15 is 0 Å². The van der Waals surface area contributed by atoms with Gasteiger partial charge in [0.1, 0.15) is 5.56 Å². The lowest BCUT2D eigenvalue weighted by Gasteiger charge is -2.28. The van der Waals surface area contributed by atoms with Crippen molar-refractivity contribution in [1.82, 2.24) is 9.55 Å². The van der Waals surface area contributed by atoms with E-state index in [0.717, 1.165) is 10.8 Å². The average Bonchev–Trinajstić information content (AvgIpc) is 2.82. The summed E-state index contributed by atoms with van der Waals surface area (Å²) in [4.78, 5) is 57.2. The van der Waals surface area contributed by atoms with Crippen LogP contribution in [0.15, 0.2) is 87.4 Å². The molecular formula is C25H17N3O5. The summed E-state index contributed by atoms with van der Waals surface area (Å²) in [5.74, 6) is -2.16. The van der Waals surface area contributed by atoms with Crippen LogP contribution in [0.2, 0.25) is 0 Å². The third kappa shape index (κ3) is 3.28. The maximum Gasteiger partial charge on any atom is 0.335 e. The van der Waals surface area contributed by atoms with Gasteiger partial charge in [-0.05, 0) is 18.2 Å². The van der Waals surface area contributed by atoms with Gasteiger partial charge in [-0.15, -0.1) is 0 Å². The molecule has 1 heterocycles. The number of allylic oxidation sites excluding steroid dienone is 4. The standard InChI is InChI=1S/C25H17N3O5/c29-21-15-9-4-5-10-16(15)22(30)20-17(21)11-6-12-19(20)26-13-18-23(31)27-25(33)28(24(18)32)14-7-2-1-3-8-14/h1-13,15-16,32H,(H,27,31,33)/t15-,16+/m0/s1. The first-order valence-corrected chi connectivity index (χ1v) is 10.2. The number of aromatic nitrogens is 2. The number of aliphatic imine (C=N–C) groups is 1. The number of aromatic hydroxyl groups is 1. The van der Waals surface area contributed by atoms with Crippen molar-refractivity contribution in [3.8, 4) is 11.6 Å². The molecule has 3 aromatic rings. The van der Waals surface area contributed by atoms with Crippen molar-refractivity contribution in [3.63, 3.8) is 0 Å². The highest BCUT2D eigenvalue weighted by atomic mass is 16.3. The molecule has 2 aromatic carbocycles. The molecule has 8 nitrogen and oxygen atoms in total. The Bertz CT molecular complexity index is 1510. The SMILES string of the molecule is O=C1c2cccc(N=Cc3c(O)n(-c4ccccc4)c(=O)[nH]c3=O)c2C(=O)[C@@H]2C=CC=C[C@H]12. The molecule has 2 aliphatic carbocycles. The largest absolute Gasteiger partial charge is 0.493 e. The van der Waals surface area contributed by atoms with Crippen molar-refractivity contribution in [2.45, 2.75) is 0 Å². The second-order valence-electron chi connectivity index (χ2n) is 7.68. The molecule has 0 radical (unpaired) electrons. The van der Waals surface area contributed by atoms with Gasteiger partial charge in [0.05, 0.1) is 28.8 Å². The van der Waals surface area contributed by atoms with Crippen molar-refractivity contribution in [2.75, 3.05) is 0 Å². The van der Waals surface area contributed by atoms with E-state index in [1.54, 1.807) is 72.8 Å². The van der Waals surface area contributed by atoms with Gasteiger partial charge in [0.25, 0.3) is 5.56 Å². The normalized spacial score (nSPS) is 19.0. The molecule has 0 saturated heterocycles. The Balaban J connectivity index is 1.62. The van der Waals surface area contributed by atoms with Crippen molar-refractivity contribution in [2.24, 2.45) is 16.8 Å². The third-order valence-corrected chi connectivity index (χ3v) is 5.76. The maximum atomic E-state index is 13.2. The van der Waals surface area contributed by atoms with E-state index in [1.807, 2.05) is 0 Å². The van der Waals surface area contributed by atoms with Crippen LogP contribution in [-0.2, 0) is 0 Å². The minimum Gasteiger partial charge on any atom is -0.493 e. The third-order valence-electron chi connectivity index (χ3n) is 5.76. The number of nitrogens with zero attached hydrogens (tertiary/aromatic N) is 2. The second-order valence-corrected chi connectivity index (χ2v) is 7.68. The molecule has 0 amide bonds. The van der Waals surface area contributed by atoms with Gasteiger partial charge in [-0.25, -0.2) is 9.36 Å². The van der Waals surface area contributed by atoms with Gasteiger partial charge in [-0.1, -0.05) is 54.6 Å². The summed E-state index contributed by atoms with van der Waals surface area (Å²) < 4.78 is 0.946. The number of aromatic amines is 1. The van der Waals surface area contributed by atoms with Crippen molar-refractivity contribution in [3.05, 3.63) is 110 Å². The number of H-pyrrole nitrogens is 1. The molecule has 8 heteroatoms.